The number of hydrogen-bond acceptors (Lipinski definition) is 3. The second-order valence-electron chi connectivity index (χ2n) is 32.6. The lowest BCUT2D eigenvalue weighted by atomic mass is 9.78. The van der Waals surface area contributed by atoms with Crippen LogP contribution in [0.25, 0.3) is 90.9 Å². The van der Waals surface area contributed by atoms with Crippen molar-refractivity contribution in [1.29, 1.82) is 0 Å². The standard InChI is InChI=1S/C78H97N5O/c1-45(84)79-65-44-64-68(48-36-54(75(14,15)16)42-55(37-48)76(17,18)19)62-29-28-60(81-62)66(46-32-50(71(2,3)4)40-51(33-46)72(5,6)7)58-26-27-59(80-58)67(47-34-52(73(8,9)10)41-53(35-47)74(11,12)13)61-30-31-63(82-61)69(70(65)83-64)49-38-56(77(20,21)22)43-57(39-49)78(23,24)25/h26-44,80,83H,1-25H3,(H,79,84). The fraction of sp³-hybridized carbons (Fsp3) is 0.423. The Bertz CT molecular complexity index is 3880. The van der Waals surface area contributed by atoms with E-state index >= 15 is 0 Å². The van der Waals surface area contributed by atoms with Gasteiger partial charge in [0.2, 0.25) is 5.91 Å². The molecule has 4 aromatic carbocycles. The molecule has 2 aliphatic rings. The van der Waals surface area contributed by atoms with Gasteiger partial charge < -0.3 is 15.3 Å². The van der Waals surface area contributed by atoms with Gasteiger partial charge in [0.25, 0.3) is 0 Å². The van der Waals surface area contributed by atoms with Gasteiger partial charge in [-0.25, -0.2) is 9.97 Å². The van der Waals surface area contributed by atoms with Gasteiger partial charge in [0.1, 0.15) is 0 Å². The summed E-state index contributed by atoms with van der Waals surface area (Å²) < 4.78 is 0. The Kier molecular flexibility index (Phi) is 15.3. The van der Waals surface area contributed by atoms with E-state index < -0.39 is 0 Å². The van der Waals surface area contributed by atoms with Crippen molar-refractivity contribution in [2.45, 2.75) is 216 Å². The first-order valence-electron chi connectivity index (χ1n) is 30.6. The molecule has 0 atom stereocenters. The molecule has 0 spiro atoms. The summed E-state index contributed by atoms with van der Waals surface area (Å²) in [4.78, 5) is 33.8. The maximum atomic E-state index is 13.8. The lowest BCUT2D eigenvalue weighted by Crippen LogP contribution is -2.16. The van der Waals surface area contributed by atoms with Crippen LogP contribution in [0.3, 0.4) is 0 Å². The van der Waals surface area contributed by atoms with Crippen LogP contribution in [0.15, 0.2) is 91.0 Å². The summed E-state index contributed by atoms with van der Waals surface area (Å²) in [6.07, 6.45) is 8.79. The summed E-state index contributed by atoms with van der Waals surface area (Å²) >= 11 is 0. The normalized spacial score (nSPS) is 13.7. The van der Waals surface area contributed by atoms with Crippen molar-refractivity contribution >= 4 is 58.0 Å². The highest BCUT2D eigenvalue weighted by molar-refractivity contribution is 6.06. The molecule has 84 heavy (non-hydrogen) atoms. The molecule has 5 heterocycles. The molecule has 9 rings (SSSR count). The van der Waals surface area contributed by atoms with E-state index in [0.29, 0.717) is 5.69 Å². The molecule has 0 saturated carbocycles. The summed E-state index contributed by atoms with van der Waals surface area (Å²) in [5, 5.41) is 3.36. The van der Waals surface area contributed by atoms with Gasteiger partial charge in [-0.1, -0.05) is 239 Å². The van der Waals surface area contributed by atoms with Gasteiger partial charge in [-0.05, 0) is 153 Å². The average molecular weight is 1120 g/mol. The van der Waals surface area contributed by atoms with Crippen LogP contribution in [0.5, 0.6) is 0 Å². The highest BCUT2D eigenvalue weighted by atomic mass is 16.1. The monoisotopic (exact) mass is 1120 g/mol. The van der Waals surface area contributed by atoms with Crippen molar-refractivity contribution in [2.24, 2.45) is 0 Å². The molecule has 0 radical (unpaired) electrons. The zero-order valence-corrected chi connectivity index (χ0v) is 55.8. The zero-order valence-electron chi connectivity index (χ0n) is 55.8. The van der Waals surface area contributed by atoms with Crippen molar-refractivity contribution in [2.75, 3.05) is 5.32 Å². The minimum atomic E-state index is -0.181. The Labute approximate surface area is 504 Å². The van der Waals surface area contributed by atoms with Gasteiger partial charge in [0.05, 0.1) is 39.5 Å². The summed E-state index contributed by atoms with van der Waals surface area (Å²) in [6, 6.07) is 35.1. The third-order valence-corrected chi connectivity index (χ3v) is 17.0. The zero-order chi connectivity index (χ0) is 62.0. The molecule has 7 aromatic rings. The number of fused-ring (bicyclic) bond motifs is 8. The van der Waals surface area contributed by atoms with E-state index in [0.717, 1.165) is 89.4 Å². The molecule has 8 bridgehead atoms. The quantitative estimate of drug-likeness (QED) is 0.160. The van der Waals surface area contributed by atoms with Crippen molar-refractivity contribution < 1.29 is 4.79 Å². The van der Waals surface area contributed by atoms with Crippen LogP contribution in [0.2, 0.25) is 0 Å². The molecule has 1 amide bonds. The summed E-state index contributed by atoms with van der Waals surface area (Å²) in [6.45, 7) is 56.7. The van der Waals surface area contributed by atoms with Crippen molar-refractivity contribution in [3.05, 3.63) is 158 Å². The predicted molar refractivity (Wildman–Crippen MR) is 365 cm³/mol. The third kappa shape index (κ3) is 12.7. The number of rotatable bonds is 5. The van der Waals surface area contributed by atoms with E-state index in [1.807, 2.05) is 0 Å². The Morgan fingerprint density at radius 2 is 0.560 bits per heavy atom. The van der Waals surface area contributed by atoms with E-state index in [4.69, 9.17) is 9.97 Å². The molecule has 2 aliphatic heterocycles. The second-order valence-corrected chi connectivity index (χ2v) is 32.6. The van der Waals surface area contributed by atoms with Gasteiger partial charge in [-0.15, -0.1) is 0 Å². The highest BCUT2D eigenvalue weighted by Gasteiger charge is 2.30. The largest absolute Gasteiger partial charge is 0.354 e. The summed E-state index contributed by atoms with van der Waals surface area (Å²) in [7, 11) is 0. The van der Waals surface area contributed by atoms with E-state index in [1.165, 1.54) is 44.5 Å². The van der Waals surface area contributed by atoms with Gasteiger partial charge in [-0.2, -0.15) is 0 Å². The number of amides is 1. The molecule has 0 aliphatic carbocycles. The smallest absolute Gasteiger partial charge is 0.221 e. The summed E-state index contributed by atoms with van der Waals surface area (Å²) in [5.41, 5.74) is 24.2. The number of nitrogens with zero attached hydrogens (tertiary/aromatic N) is 2. The number of carbonyl (C=O) groups is 1. The van der Waals surface area contributed by atoms with Crippen LogP contribution in [0.1, 0.15) is 240 Å². The fourth-order valence-electron chi connectivity index (χ4n) is 11.3. The molecule has 6 heteroatoms. The maximum Gasteiger partial charge on any atom is 0.221 e. The Morgan fingerprint density at radius 3 is 0.810 bits per heavy atom. The van der Waals surface area contributed by atoms with E-state index in [1.54, 1.807) is 6.92 Å². The minimum absolute atomic E-state index is 0.135. The maximum absolute atomic E-state index is 13.8. The van der Waals surface area contributed by atoms with Crippen LogP contribution < -0.4 is 5.32 Å². The second kappa shape index (κ2) is 20.9. The summed E-state index contributed by atoms with van der Waals surface area (Å²) in [5.74, 6) is -0.167. The van der Waals surface area contributed by atoms with Crippen LogP contribution in [0, 0.1) is 0 Å². The number of benzene rings is 4. The first kappa shape index (κ1) is 61.5. The SMILES string of the molecule is CC(=O)Nc1cc2[nH]c1c(-c1cc(C(C)(C)C)cc(C(C)(C)C)c1)c1nc(c(-c3cc(C(C)(C)C)cc(C(C)(C)C)c3)c3ccc([nH]3)c(-c3cc(C(C)(C)C)cc(C(C)(C)C)c3)c3nc(c2-c2cc(C(C)(C)C)cc(C(C)(C)C)c2)C=C3)C=C1. The van der Waals surface area contributed by atoms with Crippen LogP contribution in [0.4, 0.5) is 5.69 Å². The van der Waals surface area contributed by atoms with Gasteiger partial charge in [-0.3, -0.25) is 4.79 Å². The van der Waals surface area contributed by atoms with Crippen LogP contribution in [-0.4, -0.2) is 25.8 Å². The number of carbonyl (C=O) groups excluding carboxylic acids is 1. The van der Waals surface area contributed by atoms with Crippen molar-refractivity contribution in [1.82, 2.24) is 19.9 Å². The first-order valence-corrected chi connectivity index (χ1v) is 30.6. The number of aromatic nitrogens is 4. The molecular formula is C78H97N5O. The molecule has 6 nitrogen and oxygen atoms in total. The van der Waals surface area contributed by atoms with Crippen LogP contribution in [-0.2, 0) is 48.1 Å². The number of anilines is 1. The molecule has 0 saturated heterocycles. The van der Waals surface area contributed by atoms with E-state index in [9.17, 15) is 4.79 Å². The van der Waals surface area contributed by atoms with Crippen molar-refractivity contribution in [3.8, 4) is 44.5 Å². The number of aromatic amines is 2. The molecule has 440 valence electrons. The van der Waals surface area contributed by atoms with E-state index in [-0.39, 0.29) is 49.2 Å². The predicted octanol–water partition coefficient (Wildman–Crippen LogP) is 21.7. The first-order chi connectivity index (χ1) is 38.4. The van der Waals surface area contributed by atoms with Gasteiger partial charge in [0.15, 0.2) is 0 Å². The number of H-pyrrole nitrogens is 2. The van der Waals surface area contributed by atoms with Crippen LogP contribution >= 0.6 is 0 Å². The lowest BCUT2D eigenvalue weighted by molar-refractivity contribution is -0.114. The Morgan fingerprint density at radius 1 is 0.321 bits per heavy atom. The average Bonchev–Trinajstić information content (AvgIpc) is 4.43. The molecule has 0 fully saturated rings. The topological polar surface area (TPSA) is 86.5 Å². The molecule has 3 aromatic heterocycles. The number of hydrogen-bond donors (Lipinski definition) is 3. The third-order valence-electron chi connectivity index (χ3n) is 17.0. The van der Waals surface area contributed by atoms with Gasteiger partial charge in [0, 0.05) is 40.2 Å². The molecule has 0 unspecified atom stereocenters. The highest BCUT2D eigenvalue weighted by Crippen LogP contribution is 2.46. The lowest BCUT2D eigenvalue weighted by Gasteiger charge is -2.26. The van der Waals surface area contributed by atoms with Crippen molar-refractivity contribution in [3.63, 3.8) is 0 Å². The Hall–Kier alpha value is -7.05. The fourth-order valence-corrected chi connectivity index (χ4v) is 11.3. The molecular weight excluding hydrogens is 1020 g/mol. The number of nitrogens with one attached hydrogen (secondary N) is 3. The van der Waals surface area contributed by atoms with E-state index in [2.05, 4.69) is 297 Å². The van der Waals surface area contributed by atoms with Gasteiger partial charge >= 0.3 is 0 Å². The Balaban J connectivity index is 1.62. The molecule has 3 N–H and O–H groups in total. The minimum Gasteiger partial charge on any atom is -0.354 e.